The van der Waals surface area contributed by atoms with Crippen molar-refractivity contribution in [3.8, 4) is 34.0 Å². The third-order valence-corrected chi connectivity index (χ3v) is 29.4. The second-order valence-electron chi connectivity index (χ2n) is 31.8. The number of hydrogen-bond donors (Lipinski definition) is 0. The highest BCUT2D eigenvalue weighted by molar-refractivity contribution is 6.45. The average molecular weight is 2120 g/mol. The number of halogens is 21. The molecule has 0 bridgehead atoms. The van der Waals surface area contributed by atoms with Crippen molar-refractivity contribution >= 4 is 310 Å². The second-order valence-corrected chi connectivity index (χ2v) is 40.4. The minimum Gasteiger partial charge on any atom is -0.457 e. The molecule has 1 aliphatic heterocycles. The van der Waals surface area contributed by atoms with E-state index < -0.39 is 17.8 Å². The van der Waals surface area contributed by atoms with E-state index in [9.17, 15) is 0 Å². The van der Waals surface area contributed by atoms with Crippen LogP contribution in [0, 0.1) is 20.8 Å². The van der Waals surface area contributed by atoms with Crippen molar-refractivity contribution in [2.45, 2.75) is 57.8 Å². The Kier molecular flexibility index (Phi) is 26.4. The van der Waals surface area contributed by atoms with E-state index in [-0.39, 0.29) is 5.41 Å². The lowest BCUT2D eigenvalue weighted by atomic mass is 9.75. The summed E-state index contributed by atoms with van der Waals surface area (Å²) in [5.41, 5.74) is 18.7. The maximum Gasteiger partial charge on any atom is 0.213 e. The van der Waals surface area contributed by atoms with Crippen molar-refractivity contribution in [1.29, 1.82) is 0 Å². The lowest BCUT2D eigenvalue weighted by molar-refractivity contribution is 0.418. The first-order valence-electron chi connectivity index (χ1n) is 39.7. The number of para-hydroxylation sites is 5. The Balaban J connectivity index is 0.000000130. The van der Waals surface area contributed by atoms with Crippen molar-refractivity contribution in [3.63, 3.8) is 0 Å². The zero-order chi connectivity index (χ0) is 91.1. The molecule has 20 rings (SSSR count). The highest BCUT2D eigenvalue weighted by atomic mass is 35.5. The van der Waals surface area contributed by atoms with E-state index in [1.807, 2.05) is 224 Å². The van der Waals surface area contributed by atoms with E-state index in [4.69, 9.17) is 257 Å². The quantitative estimate of drug-likeness (QED) is 0.115. The number of furan rings is 2. The van der Waals surface area contributed by atoms with Crippen LogP contribution in [0.3, 0.4) is 0 Å². The molecule has 1 aliphatic rings. The molecule has 0 saturated carbocycles. The molecule has 15 aromatic carbocycles. The second kappa shape index (κ2) is 36.9. The Bertz CT molecular complexity index is 7480. The third kappa shape index (κ3) is 17.0. The highest BCUT2D eigenvalue weighted by Crippen LogP contribution is 2.57. The molecule has 0 amide bonds. The summed E-state index contributed by atoms with van der Waals surface area (Å²) < 4.78 is 23.0. The van der Waals surface area contributed by atoms with Gasteiger partial charge in [0.05, 0.1) is 57.9 Å². The summed E-state index contributed by atoms with van der Waals surface area (Å²) in [5.74, 6) is -0.166. The molecule has 0 spiro atoms. The molecule has 3 atom stereocenters. The number of aromatic nitrogens is 2. The Morgan fingerprint density at radius 2 is 0.605 bits per heavy atom. The summed E-state index contributed by atoms with van der Waals surface area (Å²) in [5, 5.41) is 13.5. The van der Waals surface area contributed by atoms with Gasteiger partial charge in [-0.1, -0.05) is 342 Å². The lowest BCUT2D eigenvalue weighted by Gasteiger charge is -2.34. The molecule has 0 saturated heterocycles. The summed E-state index contributed by atoms with van der Waals surface area (Å²) >= 11 is 143. The molecule has 646 valence electrons. The third-order valence-electron chi connectivity index (χ3n) is 23.2. The molecule has 3 unspecified atom stereocenters. The number of fused-ring (bicyclic) bond motifs is 12. The molecule has 26 heteroatoms. The summed E-state index contributed by atoms with van der Waals surface area (Å²) in [6.45, 7) is 10.1. The fourth-order valence-electron chi connectivity index (χ4n) is 17.8. The van der Waals surface area contributed by atoms with Gasteiger partial charge in [0.15, 0.2) is 5.58 Å². The molecule has 19 aromatic rings. The summed E-state index contributed by atoms with van der Waals surface area (Å²) in [7, 11) is 0. The maximum absolute atomic E-state index is 7.18. The molecule has 5 nitrogen and oxygen atoms in total. The fraction of sp³-hybridized carbons (Fsp3) is 0.0874. The minimum absolute atomic E-state index is 0.300. The van der Waals surface area contributed by atoms with Crippen LogP contribution in [0.25, 0.3) is 88.4 Å². The molecular weight excluding hydrogens is 2060 g/mol. The predicted molar refractivity (Wildman–Crippen MR) is 553 cm³/mol. The largest absolute Gasteiger partial charge is 0.457 e. The molecular formula is C103H59Cl21N2O3. The summed E-state index contributed by atoms with van der Waals surface area (Å²) in [6, 6.07) is 77.9. The van der Waals surface area contributed by atoms with E-state index in [1.54, 1.807) is 36.4 Å². The SMILES string of the molecule is Cc1cc(Cl)c(C(c2cc(Cl)c(-c3ccc4c(c3)C(C)(C)c3ccccc3O4)c(Cl)c2)c2c(Cl)cc(Cl)cc2Cl)c(Cl)c1.Cc1cc(Cl)c(C(c2cc(Cl)c(-n3c4ccccc4c4c5ccccc5oc43)c(Cl)c2)c2c(Cl)cc(Cl)cc2Cl)c(Cl)c1.Cc1cc(Cl)c(C(c2cc(Cl)c(-n3c4ccccc4c4oc5ccccc5c43)c(Cl)c2)c2c(Cl)cc(Cl)cc2Cl)c(Cl)c1. The van der Waals surface area contributed by atoms with Crippen LogP contribution in [0.1, 0.15) is 109 Å². The van der Waals surface area contributed by atoms with E-state index >= 15 is 0 Å². The molecule has 0 fully saturated rings. The van der Waals surface area contributed by atoms with Gasteiger partial charge in [0, 0.05) is 170 Å². The standard InChI is InChI=1S/C35H23Cl7O.2C34H18Cl7NO/c1-17-10-23(37)33(24(38)11-17)32(34-27(41)15-20(36)16-28(34)42)19-13-25(39)31(26(40)14-19)18-8-9-30-22(12-18)35(2,3)21-6-4-5-7-29(21)43-30;1-16-10-21(36)30(22(37)11-16)29(31-23(38)14-18(35)15-24(31)39)17-12-25(40)33(26(41)13-17)42-27-8-4-2-6-19(27)34-32(42)20-7-3-5-9-28(20)43-34;1-16-10-21(36)31(22(37)11-16)29(32-23(38)14-18(35)15-24(32)39)17-12-25(40)33(26(41)13-17)42-27-8-4-2-6-19(27)30-20-7-3-5-9-28(20)43-34(30)42/h4-16,32H,1-3H3;2*2-15,29H,1H3. The van der Waals surface area contributed by atoms with Gasteiger partial charge in [0.2, 0.25) is 5.71 Å². The van der Waals surface area contributed by atoms with Crippen LogP contribution in [0.5, 0.6) is 11.5 Å². The van der Waals surface area contributed by atoms with E-state index in [1.165, 1.54) is 0 Å². The highest BCUT2D eigenvalue weighted by Gasteiger charge is 2.38. The normalized spacial score (nSPS) is 13.1. The van der Waals surface area contributed by atoms with Crippen LogP contribution in [0.15, 0.2) is 258 Å². The first-order chi connectivity index (χ1) is 61.6. The van der Waals surface area contributed by atoms with Crippen molar-refractivity contribution in [3.05, 3.63) is 432 Å². The van der Waals surface area contributed by atoms with Crippen molar-refractivity contribution in [1.82, 2.24) is 9.13 Å². The van der Waals surface area contributed by atoms with Crippen molar-refractivity contribution in [2.75, 3.05) is 0 Å². The molecule has 5 heterocycles. The van der Waals surface area contributed by atoms with Gasteiger partial charge >= 0.3 is 0 Å². The smallest absolute Gasteiger partial charge is 0.213 e. The number of rotatable bonds is 12. The maximum atomic E-state index is 7.18. The van der Waals surface area contributed by atoms with Gasteiger partial charge in [0.25, 0.3) is 0 Å². The first-order valence-corrected chi connectivity index (χ1v) is 47.6. The predicted octanol–water partition coefficient (Wildman–Crippen LogP) is 41.0. The summed E-state index contributed by atoms with van der Waals surface area (Å²) in [4.78, 5) is 0. The number of hydrogen-bond acceptors (Lipinski definition) is 3. The van der Waals surface area contributed by atoms with Gasteiger partial charge in [0.1, 0.15) is 28.2 Å². The van der Waals surface area contributed by atoms with Crippen LogP contribution in [-0.2, 0) is 5.41 Å². The van der Waals surface area contributed by atoms with E-state index in [0.29, 0.717) is 178 Å². The van der Waals surface area contributed by atoms with Gasteiger partial charge in [-0.3, -0.25) is 4.57 Å². The van der Waals surface area contributed by atoms with E-state index in [0.717, 1.165) is 105 Å². The number of nitrogens with zero attached hydrogens (tertiary/aromatic N) is 2. The lowest BCUT2D eigenvalue weighted by Crippen LogP contribution is -2.24. The monoisotopic (exact) mass is 2110 g/mol. The average Bonchev–Trinajstić information content (AvgIpc) is 1.57. The molecule has 129 heavy (non-hydrogen) atoms. The molecule has 4 aromatic heterocycles. The Morgan fingerprint density at radius 1 is 0.279 bits per heavy atom. The first kappa shape index (κ1) is 92.3. The minimum atomic E-state index is -0.616. The Labute approximate surface area is 846 Å². The van der Waals surface area contributed by atoms with Crippen molar-refractivity contribution in [2.24, 2.45) is 0 Å². The van der Waals surface area contributed by atoms with Crippen LogP contribution in [-0.4, -0.2) is 9.13 Å². The Hall–Kier alpha value is -7.13. The van der Waals surface area contributed by atoms with Crippen LogP contribution in [0.2, 0.25) is 105 Å². The zero-order valence-corrected chi connectivity index (χ0v) is 83.3. The van der Waals surface area contributed by atoms with Crippen LogP contribution in [0.4, 0.5) is 0 Å². The van der Waals surface area contributed by atoms with Crippen molar-refractivity contribution < 1.29 is 13.6 Å². The molecule has 0 N–H and O–H groups in total. The van der Waals surface area contributed by atoms with Gasteiger partial charge in [-0.25, -0.2) is 0 Å². The number of benzene rings is 15. The van der Waals surface area contributed by atoms with Gasteiger partial charge in [-0.15, -0.1) is 0 Å². The molecule has 0 aliphatic carbocycles. The van der Waals surface area contributed by atoms with Gasteiger partial charge in [-0.05, 0) is 224 Å². The number of aryl methyl sites for hydroxylation is 3. The Morgan fingerprint density at radius 3 is 1.03 bits per heavy atom. The molecule has 0 radical (unpaired) electrons. The van der Waals surface area contributed by atoms with Gasteiger partial charge < -0.3 is 18.1 Å². The fourth-order valence-corrected chi connectivity index (χ4v) is 25.4. The summed E-state index contributed by atoms with van der Waals surface area (Å²) in [6.07, 6.45) is 0. The van der Waals surface area contributed by atoms with E-state index in [2.05, 4.69) is 32.0 Å². The number of ether oxygens (including phenoxy) is 1. The van der Waals surface area contributed by atoms with Crippen LogP contribution >= 0.6 is 244 Å². The van der Waals surface area contributed by atoms with Crippen LogP contribution < -0.4 is 4.74 Å². The topological polar surface area (TPSA) is 45.4 Å². The van der Waals surface area contributed by atoms with Gasteiger partial charge in [-0.2, -0.15) is 0 Å². The zero-order valence-electron chi connectivity index (χ0n) is 67.5.